The van der Waals surface area contributed by atoms with Gasteiger partial charge in [-0.25, -0.2) is 0 Å². The molecule has 3 rings (SSSR count). The molecule has 3 heterocycles. The van der Waals surface area contributed by atoms with Gasteiger partial charge in [-0.2, -0.15) is 0 Å². The summed E-state index contributed by atoms with van der Waals surface area (Å²) in [6.45, 7) is 6.41. The summed E-state index contributed by atoms with van der Waals surface area (Å²) in [5, 5.41) is 0. The highest BCUT2D eigenvalue weighted by atomic mass is 15.3. The fourth-order valence-corrected chi connectivity index (χ4v) is 3.32. The summed E-state index contributed by atoms with van der Waals surface area (Å²) >= 11 is 0. The zero-order chi connectivity index (χ0) is 12.2. The molecule has 1 aromatic heterocycles. The van der Waals surface area contributed by atoms with E-state index in [1.807, 2.05) is 12.4 Å². The largest absolute Gasteiger partial charge is 0.301 e. The molecule has 2 fully saturated rings. The number of nitrogens with zero attached hydrogens (tertiary/aromatic N) is 3. The van der Waals surface area contributed by atoms with E-state index < -0.39 is 0 Å². The summed E-state index contributed by atoms with van der Waals surface area (Å²) < 4.78 is 0. The monoisotopic (exact) mass is 245 g/mol. The standard InChI is InChI=1S/C15H23N3/c1-3-15-13-17(9-2-11-18(15)10-1)12-6-14-4-7-16-8-5-14/h4-5,7-8,15H,1-3,6,9-13H2. The molecule has 0 spiro atoms. The van der Waals surface area contributed by atoms with Crippen molar-refractivity contribution < 1.29 is 0 Å². The van der Waals surface area contributed by atoms with Gasteiger partial charge in [0.2, 0.25) is 0 Å². The van der Waals surface area contributed by atoms with Crippen molar-refractivity contribution in [2.75, 3.05) is 32.7 Å². The molecule has 2 aliphatic heterocycles. The number of pyridine rings is 1. The van der Waals surface area contributed by atoms with E-state index in [0.717, 1.165) is 12.5 Å². The molecule has 0 bridgehead atoms. The van der Waals surface area contributed by atoms with Gasteiger partial charge in [0.1, 0.15) is 0 Å². The predicted molar refractivity (Wildman–Crippen MR) is 73.6 cm³/mol. The van der Waals surface area contributed by atoms with Crippen molar-refractivity contribution in [2.45, 2.75) is 31.7 Å². The van der Waals surface area contributed by atoms with Crippen molar-refractivity contribution in [3.05, 3.63) is 30.1 Å². The molecule has 0 saturated carbocycles. The van der Waals surface area contributed by atoms with Crippen molar-refractivity contribution >= 4 is 0 Å². The van der Waals surface area contributed by atoms with Crippen molar-refractivity contribution in [2.24, 2.45) is 0 Å². The maximum absolute atomic E-state index is 4.08. The highest BCUT2D eigenvalue weighted by molar-refractivity contribution is 5.10. The van der Waals surface area contributed by atoms with Crippen LogP contribution in [0.1, 0.15) is 24.8 Å². The van der Waals surface area contributed by atoms with Gasteiger partial charge in [0, 0.05) is 31.5 Å². The minimum atomic E-state index is 0.838. The zero-order valence-electron chi connectivity index (χ0n) is 11.1. The predicted octanol–water partition coefficient (Wildman–Crippen LogP) is 1.79. The number of fused-ring (bicyclic) bond motifs is 1. The Balaban J connectivity index is 1.53. The Morgan fingerprint density at radius 3 is 2.83 bits per heavy atom. The van der Waals surface area contributed by atoms with Crippen LogP contribution < -0.4 is 0 Å². The second kappa shape index (κ2) is 5.81. The lowest BCUT2D eigenvalue weighted by molar-refractivity contribution is 0.221. The molecule has 0 radical (unpaired) electrons. The second-order valence-electron chi connectivity index (χ2n) is 5.59. The molecule has 3 nitrogen and oxygen atoms in total. The van der Waals surface area contributed by atoms with E-state index in [-0.39, 0.29) is 0 Å². The van der Waals surface area contributed by atoms with E-state index in [9.17, 15) is 0 Å². The van der Waals surface area contributed by atoms with Crippen molar-refractivity contribution in [1.82, 2.24) is 14.8 Å². The smallest absolute Gasteiger partial charge is 0.0270 e. The molecule has 0 amide bonds. The first kappa shape index (κ1) is 12.1. The van der Waals surface area contributed by atoms with Crippen LogP contribution in [0, 0.1) is 0 Å². The molecular weight excluding hydrogens is 222 g/mol. The zero-order valence-corrected chi connectivity index (χ0v) is 11.1. The Bertz CT molecular complexity index is 365. The Kier molecular flexibility index (Phi) is 3.91. The fraction of sp³-hybridized carbons (Fsp3) is 0.667. The Morgan fingerprint density at radius 2 is 1.94 bits per heavy atom. The molecule has 0 aliphatic carbocycles. The van der Waals surface area contributed by atoms with Crippen LogP contribution in [0.5, 0.6) is 0 Å². The van der Waals surface area contributed by atoms with Gasteiger partial charge in [-0.15, -0.1) is 0 Å². The lowest BCUT2D eigenvalue weighted by Crippen LogP contribution is -2.37. The van der Waals surface area contributed by atoms with E-state index in [1.54, 1.807) is 0 Å². The summed E-state index contributed by atoms with van der Waals surface area (Å²) in [5.41, 5.74) is 1.41. The van der Waals surface area contributed by atoms with Crippen molar-refractivity contribution in [1.29, 1.82) is 0 Å². The Morgan fingerprint density at radius 1 is 1.11 bits per heavy atom. The molecule has 2 aliphatic rings. The topological polar surface area (TPSA) is 19.4 Å². The molecule has 0 aromatic carbocycles. The highest BCUT2D eigenvalue weighted by Crippen LogP contribution is 2.21. The SMILES string of the molecule is c1cc(CCN2CCCN3CCCC3C2)ccn1. The quantitative estimate of drug-likeness (QED) is 0.809. The highest BCUT2D eigenvalue weighted by Gasteiger charge is 2.28. The third-order valence-corrected chi connectivity index (χ3v) is 4.35. The van der Waals surface area contributed by atoms with Crippen LogP contribution in [0.15, 0.2) is 24.5 Å². The summed E-state index contributed by atoms with van der Waals surface area (Å²) in [4.78, 5) is 9.44. The minimum absolute atomic E-state index is 0.838. The fourth-order valence-electron chi connectivity index (χ4n) is 3.32. The lowest BCUT2D eigenvalue weighted by Gasteiger charge is -2.25. The van der Waals surface area contributed by atoms with Gasteiger partial charge in [-0.1, -0.05) is 0 Å². The molecule has 18 heavy (non-hydrogen) atoms. The summed E-state index contributed by atoms with van der Waals surface area (Å²) in [5.74, 6) is 0. The molecular formula is C15H23N3. The number of hydrogen-bond acceptors (Lipinski definition) is 3. The van der Waals surface area contributed by atoms with E-state index >= 15 is 0 Å². The molecule has 1 aromatic rings. The van der Waals surface area contributed by atoms with Crippen molar-refractivity contribution in [3.8, 4) is 0 Å². The van der Waals surface area contributed by atoms with Crippen LogP contribution in [0.4, 0.5) is 0 Å². The number of rotatable bonds is 3. The minimum Gasteiger partial charge on any atom is -0.301 e. The normalized spacial score (nSPS) is 25.9. The third kappa shape index (κ3) is 2.90. The summed E-state index contributed by atoms with van der Waals surface area (Å²) in [6, 6.07) is 5.12. The Labute approximate surface area is 110 Å². The van der Waals surface area contributed by atoms with E-state index in [4.69, 9.17) is 0 Å². The second-order valence-corrected chi connectivity index (χ2v) is 5.59. The molecule has 98 valence electrons. The van der Waals surface area contributed by atoms with Crippen LogP contribution >= 0.6 is 0 Å². The molecule has 1 unspecified atom stereocenters. The summed E-state index contributed by atoms with van der Waals surface area (Å²) in [6.07, 6.45) is 9.11. The van der Waals surface area contributed by atoms with Crippen LogP contribution in [-0.2, 0) is 6.42 Å². The van der Waals surface area contributed by atoms with Crippen LogP contribution in [-0.4, -0.2) is 53.5 Å². The van der Waals surface area contributed by atoms with Gasteiger partial charge in [0.05, 0.1) is 0 Å². The maximum atomic E-state index is 4.08. The average Bonchev–Trinajstić information content (AvgIpc) is 2.76. The van der Waals surface area contributed by atoms with Crippen LogP contribution in [0.2, 0.25) is 0 Å². The number of hydrogen-bond donors (Lipinski definition) is 0. The Hall–Kier alpha value is -0.930. The van der Waals surface area contributed by atoms with E-state index in [2.05, 4.69) is 26.9 Å². The molecule has 0 N–H and O–H groups in total. The first-order valence-corrected chi connectivity index (χ1v) is 7.27. The first-order valence-electron chi connectivity index (χ1n) is 7.27. The van der Waals surface area contributed by atoms with Crippen LogP contribution in [0.3, 0.4) is 0 Å². The van der Waals surface area contributed by atoms with Gasteiger partial charge in [-0.05, 0) is 63.0 Å². The third-order valence-electron chi connectivity index (χ3n) is 4.35. The molecule has 3 heteroatoms. The van der Waals surface area contributed by atoms with Crippen LogP contribution in [0.25, 0.3) is 0 Å². The van der Waals surface area contributed by atoms with E-state index in [0.29, 0.717) is 0 Å². The van der Waals surface area contributed by atoms with Crippen molar-refractivity contribution in [3.63, 3.8) is 0 Å². The van der Waals surface area contributed by atoms with Gasteiger partial charge in [0.25, 0.3) is 0 Å². The summed E-state index contributed by atoms with van der Waals surface area (Å²) in [7, 11) is 0. The number of aromatic nitrogens is 1. The first-order chi connectivity index (χ1) is 8.92. The molecule has 2 saturated heterocycles. The van der Waals surface area contributed by atoms with E-state index in [1.165, 1.54) is 57.5 Å². The average molecular weight is 245 g/mol. The maximum Gasteiger partial charge on any atom is 0.0270 e. The van der Waals surface area contributed by atoms with Gasteiger partial charge in [-0.3, -0.25) is 9.88 Å². The van der Waals surface area contributed by atoms with Gasteiger partial charge in [0.15, 0.2) is 0 Å². The van der Waals surface area contributed by atoms with Gasteiger partial charge >= 0.3 is 0 Å². The lowest BCUT2D eigenvalue weighted by atomic mass is 10.1. The molecule has 1 atom stereocenters. The van der Waals surface area contributed by atoms with Gasteiger partial charge < -0.3 is 4.90 Å².